The molecule has 1 amide bonds. The SMILES string of the molecule is CN(C(=O)c1cnc(Br)n1C)c1cccnc1. The van der Waals surface area contributed by atoms with E-state index in [1.807, 2.05) is 6.07 Å². The molecule has 0 aliphatic heterocycles. The third-order valence-electron chi connectivity index (χ3n) is 2.49. The van der Waals surface area contributed by atoms with E-state index < -0.39 is 0 Å². The molecule has 0 unspecified atom stereocenters. The van der Waals surface area contributed by atoms with E-state index in [4.69, 9.17) is 0 Å². The lowest BCUT2D eigenvalue weighted by Crippen LogP contribution is -2.28. The van der Waals surface area contributed by atoms with Gasteiger partial charge in [0.1, 0.15) is 5.69 Å². The molecule has 17 heavy (non-hydrogen) atoms. The van der Waals surface area contributed by atoms with Gasteiger partial charge >= 0.3 is 0 Å². The van der Waals surface area contributed by atoms with Gasteiger partial charge in [0, 0.05) is 20.3 Å². The zero-order valence-electron chi connectivity index (χ0n) is 9.46. The molecule has 0 spiro atoms. The molecule has 2 heterocycles. The topological polar surface area (TPSA) is 51.0 Å². The van der Waals surface area contributed by atoms with Crippen LogP contribution in [-0.4, -0.2) is 27.5 Å². The monoisotopic (exact) mass is 294 g/mol. The Hall–Kier alpha value is -1.69. The van der Waals surface area contributed by atoms with E-state index in [0.29, 0.717) is 10.4 Å². The van der Waals surface area contributed by atoms with Crippen molar-refractivity contribution in [3.63, 3.8) is 0 Å². The molecule has 0 atom stereocenters. The molecule has 0 aromatic carbocycles. The summed E-state index contributed by atoms with van der Waals surface area (Å²) in [6.45, 7) is 0. The highest BCUT2D eigenvalue weighted by atomic mass is 79.9. The number of amides is 1. The Morgan fingerprint density at radius 1 is 1.47 bits per heavy atom. The number of carbonyl (C=O) groups is 1. The molecule has 2 aromatic rings. The average Bonchev–Trinajstić information content (AvgIpc) is 2.69. The van der Waals surface area contributed by atoms with Crippen molar-refractivity contribution >= 4 is 27.5 Å². The largest absolute Gasteiger partial charge is 0.318 e. The third-order valence-corrected chi connectivity index (χ3v) is 3.23. The molecular formula is C11H11BrN4O. The predicted octanol–water partition coefficient (Wildman–Crippen LogP) is 1.85. The van der Waals surface area contributed by atoms with Gasteiger partial charge in [0.15, 0.2) is 4.73 Å². The van der Waals surface area contributed by atoms with Gasteiger partial charge in [-0.15, -0.1) is 0 Å². The quantitative estimate of drug-likeness (QED) is 0.849. The number of anilines is 1. The van der Waals surface area contributed by atoms with E-state index in [1.54, 1.807) is 43.3 Å². The summed E-state index contributed by atoms with van der Waals surface area (Å²) in [4.78, 5) is 21.7. The molecule has 0 fully saturated rings. The normalized spacial score (nSPS) is 10.3. The van der Waals surface area contributed by atoms with Crippen molar-refractivity contribution in [2.24, 2.45) is 7.05 Å². The smallest absolute Gasteiger partial charge is 0.276 e. The van der Waals surface area contributed by atoms with Crippen molar-refractivity contribution in [3.05, 3.63) is 41.2 Å². The van der Waals surface area contributed by atoms with Crippen molar-refractivity contribution in [2.45, 2.75) is 0 Å². The molecule has 0 aliphatic carbocycles. The zero-order chi connectivity index (χ0) is 12.4. The van der Waals surface area contributed by atoms with Crippen LogP contribution >= 0.6 is 15.9 Å². The Morgan fingerprint density at radius 2 is 2.24 bits per heavy atom. The molecule has 2 rings (SSSR count). The van der Waals surface area contributed by atoms with E-state index in [2.05, 4.69) is 25.9 Å². The van der Waals surface area contributed by atoms with Crippen LogP contribution in [0.4, 0.5) is 5.69 Å². The van der Waals surface area contributed by atoms with Gasteiger partial charge in [0.2, 0.25) is 0 Å². The summed E-state index contributed by atoms with van der Waals surface area (Å²) in [6, 6.07) is 3.62. The third kappa shape index (κ3) is 2.21. The number of rotatable bonds is 2. The van der Waals surface area contributed by atoms with Crippen LogP contribution in [0.25, 0.3) is 0 Å². The summed E-state index contributed by atoms with van der Waals surface area (Å²) in [5.41, 5.74) is 1.26. The van der Waals surface area contributed by atoms with Crippen molar-refractivity contribution in [2.75, 3.05) is 11.9 Å². The van der Waals surface area contributed by atoms with E-state index in [0.717, 1.165) is 5.69 Å². The van der Waals surface area contributed by atoms with E-state index in [9.17, 15) is 4.79 Å². The van der Waals surface area contributed by atoms with E-state index >= 15 is 0 Å². The zero-order valence-corrected chi connectivity index (χ0v) is 11.0. The van der Waals surface area contributed by atoms with Crippen molar-refractivity contribution in [1.82, 2.24) is 14.5 Å². The van der Waals surface area contributed by atoms with Gasteiger partial charge < -0.3 is 9.47 Å². The molecule has 0 saturated carbocycles. The molecule has 2 aromatic heterocycles. The first-order chi connectivity index (χ1) is 8.11. The maximum absolute atomic E-state index is 12.2. The summed E-state index contributed by atoms with van der Waals surface area (Å²) >= 11 is 3.26. The minimum atomic E-state index is -0.126. The Balaban J connectivity index is 2.30. The molecule has 0 radical (unpaired) electrons. The van der Waals surface area contributed by atoms with Crippen molar-refractivity contribution in [1.29, 1.82) is 0 Å². The van der Waals surface area contributed by atoms with Crippen LogP contribution in [-0.2, 0) is 7.05 Å². The van der Waals surface area contributed by atoms with Crippen LogP contribution in [0, 0.1) is 0 Å². The molecule has 0 aliphatic rings. The Labute approximate surface area is 107 Å². The first kappa shape index (κ1) is 11.8. The first-order valence-corrected chi connectivity index (χ1v) is 5.76. The molecule has 0 N–H and O–H groups in total. The Bertz CT molecular complexity index is 538. The maximum Gasteiger partial charge on any atom is 0.276 e. The molecule has 88 valence electrons. The van der Waals surface area contributed by atoms with Gasteiger partial charge in [-0.25, -0.2) is 4.98 Å². The maximum atomic E-state index is 12.2. The summed E-state index contributed by atoms with van der Waals surface area (Å²) in [6.07, 6.45) is 4.85. The second kappa shape index (κ2) is 4.67. The van der Waals surface area contributed by atoms with Crippen LogP contribution in [0.3, 0.4) is 0 Å². The molecule has 0 saturated heterocycles. The standard InChI is InChI=1S/C11H11BrN4O/c1-15(8-4-3-5-13-6-8)10(17)9-7-14-11(12)16(9)2/h3-7H,1-2H3. The fourth-order valence-corrected chi connectivity index (χ4v) is 1.72. The van der Waals surface area contributed by atoms with Crippen molar-refractivity contribution in [3.8, 4) is 0 Å². The summed E-state index contributed by atoms with van der Waals surface area (Å²) in [5, 5.41) is 0. The highest BCUT2D eigenvalue weighted by molar-refractivity contribution is 9.10. The number of hydrogen-bond donors (Lipinski definition) is 0. The molecule has 6 heteroatoms. The van der Waals surface area contributed by atoms with Gasteiger partial charge in [-0.3, -0.25) is 9.78 Å². The minimum Gasteiger partial charge on any atom is -0.318 e. The molecular weight excluding hydrogens is 284 g/mol. The average molecular weight is 295 g/mol. The van der Waals surface area contributed by atoms with Crippen LogP contribution in [0.15, 0.2) is 35.5 Å². The number of halogens is 1. The van der Waals surface area contributed by atoms with E-state index in [-0.39, 0.29) is 5.91 Å². The predicted molar refractivity (Wildman–Crippen MR) is 67.9 cm³/mol. The van der Waals surface area contributed by atoms with Gasteiger partial charge in [-0.05, 0) is 28.1 Å². The number of imidazole rings is 1. The highest BCUT2D eigenvalue weighted by Gasteiger charge is 2.18. The van der Waals surface area contributed by atoms with Crippen LogP contribution in [0.2, 0.25) is 0 Å². The second-order valence-electron chi connectivity index (χ2n) is 3.55. The van der Waals surface area contributed by atoms with E-state index in [1.165, 1.54) is 4.90 Å². The number of pyridine rings is 1. The number of nitrogens with zero attached hydrogens (tertiary/aromatic N) is 4. The fourth-order valence-electron chi connectivity index (χ4n) is 1.43. The minimum absolute atomic E-state index is 0.126. The van der Waals surface area contributed by atoms with Gasteiger partial charge in [0.05, 0.1) is 18.1 Å². The molecule has 0 bridgehead atoms. The Kier molecular flexibility index (Phi) is 3.23. The molecule has 5 nitrogen and oxygen atoms in total. The summed E-state index contributed by atoms with van der Waals surface area (Å²) in [7, 11) is 3.49. The second-order valence-corrected chi connectivity index (χ2v) is 4.26. The van der Waals surface area contributed by atoms with Crippen LogP contribution in [0.5, 0.6) is 0 Å². The van der Waals surface area contributed by atoms with Gasteiger partial charge in [-0.2, -0.15) is 0 Å². The highest BCUT2D eigenvalue weighted by Crippen LogP contribution is 2.15. The first-order valence-electron chi connectivity index (χ1n) is 4.96. The Morgan fingerprint density at radius 3 is 2.76 bits per heavy atom. The van der Waals surface area contributed by atoms with Crippen LogP contribution in [0.1, 0.15) is 10.5 Å². The van der Waals surface area contributed by atoms with Gasteiger partial charge in [0.25, 0.3) is 5.91 Å². The van der Waals surface area contributed by atoms with Crippen LogP contribution < -0.4 is 4.90 Å². The number of carbonyl (C=O) groups excluding carboxylic acids is 1. The van der Waals surface area contributed by atoms with Gasteiger partial charge in [-0.1, -0.05) is 0 Å². The lowest BCUT2D eigenvalue weighted by atomic mass is 10.3. The summed E-state index contributed by atoms with van der Waals surface area (Å²) < 4.78 is 2.32. The summed E-state index contributed by atoms with van der Waals surface area (Å²) in [5.74, 6) is -0.126. The lowest BCUT2D eigenvalue weighted by molar-refractivity contribution is 0.0985. The lowest BCUT2D eigenvalue weighted by Gasteiger charge is -2.16. The fraction of sp³-hybridized carbons (Fsp3) is 0.182. The number of aromatic nitrogens is 3. The number of hydrogen-bond acceptors (Lipinski definition) is 3. The van der Waals surface area contributed by atoms with Crippen molar-refractivity contribution < 1.29 is 4.79 Å².